The standard InChI is InChI=1S/C9H7ClN2O/c1-5(13)7-3-9(12)6(4-11)2-8(7)10/h2-3H,12H2,1H3. The summed E-state index contributed by atoms with van der Waals surface area (Å²) in [5.41, 5.74) is 6.41. The van der Waals surface area contributed by atoms with Crippen LogP contribution in [-0.2, 0) is 0 Å². The molecule has 3 nitrogen and oxygen atoms in total. The maximum absolute atomic E-state index is 11.0. The van der Waals surface area contributed by atoms with E-state index in [4.69, 9.17) is 22.6 Å². The maximum atomic E-state index is 11.0. The Hall–Kier alpha value is -1.53. The summed E-state index contributed by atoms with van der Waals surface area (Å²) < 4.78 is 0. The summed E-state index contributed by atoms with van der Waals surface area (Å²) in [5.74, 6) is -0.166. The van der Waals surface area contributed by atoms with Gasteiger partial charge in [-0.1, -0.05) is 11.6 Å². The van der Waals surface area contributed by atoms with E-state index in [9.17, 15) is 4.79 Å². The smallest absolute Gasteiger partial charge is 0.161 e. The van der Waals surface area contributed by atoms with Crippen molar-refractivity contribution in [1.29, 1.82) is 5.26 Å². The molecule has 0 saturated heterocycles. The molecule has 0 aliphatic carbocycles. The van der Waals surface area contributed by atoms with Gasteiger partial charge in [0.25, 0.3) is 0 Å². The second-order valence-corrected chi connectivity index (χ2v) is 2.99. The second-order valence-electron chi connectivity index (χ2n) is 2.59. The van der Waals surface area contributed by atoms with Crippen LogP contribution in [0.3, 0.4) is 0 Å². The van der Waals surface area contributed by atoms with E-state index in [-0.39, 0.29) is 22.1 Å². The van der Waals surface area contributed by atoms with Crippen LogP contribution in [0, 0.1) is 11.3 Å². The molecule has 0 amide bonds. The monoisotopic (exact) mass is 194 g/mol. The molecule has 13 heavy (non-hydrogen) atoms. The Morgan fingerprint density at radius 3 is 2.69 bits per heavy atom. The quantitative estimate of drug-likeness (QED) is 0.549. The lowest BCUT2D eigenvalue weighted by atomic mass is 10.1. The Morgan fingerprint density at radius 2 is 2.23 bits per heavy atom. The van der Waals surface area contributed by atoms with E-state index in [0.29, 0.717) is 5.56 Å². The Balaban J connectivity index is 3.39. The molecule has 1 aromatic rings. The van der Waals surface area contributed by atoms with Crippen LogP contribution in [-0.4, -0.2) is 5.78 Å². The Morgan fingerprint density at radius 1 is 1.62 bits per heavy atom. The summed E-state index contributed by atoms with van der Waals surface area (Å²) in [5, 5.41) is 8.86. The number of Topliss-reactive ketones (excluding diaryl/α,β-unsaturated/α-hetero) is 1. The molecule has 1 aromatic carbocycles. The van der Waals surface area contributed by atoms with Gasteiger partial charge in [-0.05, 0) is 19.1 Å². The summed E-state index contributed by atoms with van der Waals surface area (Å²) in [6.07, 6.45) is 0. The summed E-state index contributed by atoms with van der Waals surface area (Å²) in [4.78, 5) is 11.0. The minimum absolute atomic E-state index is 0.166. The molecule has 2 N–H and O–H groups in total. The molecule has 0 aromatic heterocycles. The molecule has 0 bridgehead atoms. The molecular formula is C9H7ClN2O. The molecule has 66 valence electrons. The van der Waals surface area contributed by atoms with Crippen molar-refractivity contribution in [3.8, 4) is 6.07 Å². The number of hydrogen-bond acceptors (Lipinski definition) is 3. The van der Waals surface area contributed by atoms with Crippen molar-refractivity contribution in [2.24, 2.45) is 0 Å². The maximum Gasteiger partial charge on any atom is 0.161 e. The number of halogens is 1. The summed E-state index contributed by atoms with van der Waals surface area (Å²) >= 11 is 5.75. The number of rotatable bonds is 1. The third-order valence-corrected chi connectivity index (χ3v) is 1.95. The summed E-state index contributed by atoms with van der Waals surface area (Å²) in [6, 6.07) is 4.70. The Bertz CT molecular complexity index is 407. The topological polar surface area (TPSA) is 66.9 Å². The molecule has 0 atom stereocenters. The van der Waals surface area contributed by atoms with E-state index in [2.05, 4.69) is 0 Å². The highest BCUT2D eigenvalue weighted by atomic mass is 35.5. The van der Waals surface area contributed by atoms with Crippen LogP contribution in [0.5, 0.6) is 0 Å². The molecule has 0 unspecified atom stereocenters. The van der Waals surface area contributed by atoms with Crippen LogP contribution in [0.2, 0.25) is 5.02 Å². The number of ketones is 1. The molecule has 1 rings (SSSR count). The molecule has 0 saturated carbocycles. The van der Waals surface area contributed by atoms with E-state index < -0.39 is 0 Å². The lowest BCUT2D eigenvalue weighted by Gasteiger charge is -2.02. The predicted molar refractivity (Wildman–Crippen MR) is 50.6 cm³/mol. The van der Waals surface area contributed by atoms with Gasteiger partial charge in [0.1, 0.15) is 6.07 Å². The van der Waals surface area contributed by atoms with Crippen molar-refractivity contribution < 1.29 is 4.79 Å². The minimum Gasteiger partial charge on any atom is -0.398 e. The second kappa shape index (κ2) is 3.46. The molecule has 0 aliphatic heterocycles. The highest BCUT2D eigenvalue weighted by molar-refractivity contribution is 6.34. The minimum atomic E-state index is -0.166. The number of nitrogens with zero attached hydrogens (tertiary/aromatic N) is 1. The Labute approximate surface area is 80.7 Å². The van der Waals surface area contributed by atoms with Gasteiger partial charge in [-0.25, -0.2) is 0 Å². The van der Waals surface area contributed by atoms with Crippen molar-refractivity contribution in [3.05, 3.63) is 28.3 Å². The Kier molecular flexibility index (Phi) is 2.54. The van der Waals surface area contributed by atoms with Gasteiger partial charge in [-0.15, -0.1) is 0 Å². The van der Waals surface area contributed by atoms with Gasteiger partial charge in [-0.2, -0.15) is 5.26 Å². The number of nitrogen functional groups attached to an aromatic ring is 1. The van der Waals surface area contributed by atoms with E-state index in [0.717, 1.165) is 0 Å². The first-order valence-corrected chi connectivity index (χ1v) is 3.94. The average Bonchev–Trinajstić information content (AvgIpc) is 2.07. The number of nitriles is 1. The zero-order chi connectivity index (χ0) is 10.0. The molecular weight excluding hydrogens is 188 g/mol. The third-order valence-electron chi connectivity index (χ3n) is 1.64. The zero-order valence-electron chi connectivity index (χ0n) is 6.97. The van der Waals surface area contributed by atoms with Gasteiger partial charge in [0, 0.05) is 5.56 Å². The van der Waals surface area contributed by atoms with E-state index in [1.165, 1.54) is 19.1 Å². The van der Waals surface area contributed by atoms with Crippen LogP contribution >= 0.6 is 11.6 Å². The molecule has 0 radical (unpaired) electrons. The fourth-order valence-electron chi connectivity index (χ4n) is 0.957. The molecule has 0 heterocycles. The van der Waals surface area contributed by atoms with E-state index >= 15 is 0 Å². The first-order chi connectivity index (χ1) is 6.06. The molecule has 0 spiro atoms. The lowest BCUT2D eigenvalue weighted by Crippen LogP contribution is -1.98. The van der Waals surface area contributed by atoms with Crippen molar-refractivity contribution in [3.63, 3.8) is 0 Å². The van der Waals surface area contributed by atoms with E-state index in [1.54, 1.807) is 0 Å². The first kappa shape index (κ1) is 9.56. The fourth-order valence-corrected chi connectivity index (χ4v) is 1.25. The molecule has 0 fully saturated rings. The average molecular weight is 195 g/mol. The number of anilines is 1. The van der Waals surface area contributed by atoms with Crippen molar-refractivity contribution in [2.45, 2.75) is 6.92 Å². The fraction of sp³-hybridized carbons (Fsp3) is 0.111. The van der Waals surface area contributed by atoms with Crippen molar-refractivity contribution in [2.75, 3.05) is 5.73 Å². The van der Waals surface area contributed by atoms with Gasteiger partial charge >= 0.3 is 0 Å². The van der Waals surface area contributed by atoms with Crippen LogP contribution in [0.1, 0.15) is 22.8 Å². The normalized spacial score (nSPS) is 9.31. The van der Waals surface area contributed by atoms with Gasteiger partial charge in [0.05, 0.1) is 16.3 Å². The predicted octanol–water partition coefficient (Wildman–Crippen LogP) is 2.00. The lowest BCUT2D eigenvalue weighted by molar-refractivity contribution is 0.101. The van der Waals surface area contributed by atoms with Crippen LogP contribution in [0.4, 0.5) is 5.69 Å². The number of carbonyl (C=O) groups is 1. The highest BCUT2D eigenvalue weighted by Gasteiger charge is 2.09. The van der Waals surface area contributed by atoms with Gasteiger partial charge in [-0.3, -0.25) is 4.79 Å². The molecule has 0 aliphatic rings. The highest BCUT2D eigenvalue weighted by Crippen LogP contribution is 2.23. The zero-order valence-corrected chi connectivity index (χ0v) is 7.72. The van der Waals surface area contributed by atoms with Crippen molar-refractivity contribution in [1.82, 2.24) is 0 Å². The molecule has 4 heteroatoms. The SMILES string of the molecule is CC(=O)c1cc(N)c(C#N)cc1Cl. The van der Waals surface area contributed by atoms with E-state index in [1.807, 2.05) is 6.07 Å². The number of hydrogen-bond donors (Lipinski definition) is 1. The number of carbonyl (C=O) groups excluding carboxylic acids is 1. The van der Waals surface area contributed by atoms with Crippen LogP contribution in [0.15, 0.2) is 12.1 Å². The largest absolute Gasteiger partial charge is 0.398 e. The van der Waals surface area contributed by atoms with Crippen LogP contribution < -0.4 is 5.73 Å². The van der Waals surface area contributed by atoms with Crippen molar-refractivity contribution >= 4 is 23.1 Å². The van der Waals surface area contributed by atoms with Gasteiger partial charge < -0.3 is 5.73 Å². The number of benzene rings is 1. The summed E-state index contributed by atoms with van der Waals surface area (Å²) in [7, 11) is 0. The summed E-state index contributed by atoms with van der Waals surface area (Å²) in [6.45, 7) is 1.40. The van der Waals surface area contributed by atoms with Gasteiger partial charge in [0.15, 0.2) is 5.78 Å². The third kappa shape index (κ3) is 1.79. The number of nitrogens with two attached hydrogens (primary N) is 1. The van der Waals surface area contributed by atoms with Gasteiger partial charge in [0.2, 0.25) is 0 Å². The van der Waals surface area contributed by atoms with Crippen LogP contribution in [0.25, 0.3) is 0 Å². The first-order valence-electron chi connectivity index (χ1n) is 3.56.